The van der Waals surface area contributed by atoms with Crippen LogP contribution in [0.15, 0.2) is 12.2 Å². The SMILES string of the molecule is C=C(C)CN(CC)[C@@H]1CCN(C(C)C)C1=O. The fourth-order valence-corrected chi connectivity index (χ4v) is 2.33. The lowest BCUT2D eigenvalue weighted by Gasteiger charge is -2.27. The third-order valence-electron chi connectivity index (χ3n) is 3.15. The lowest BCUT2D eigenvalue weighted by molar-refractivity contribution is -0.133. The molecule has 0 saturated carbocycles. The molecule has 1 saturated heterocycles. The van der Waals surface area contributed by atoms with Crippen molar-refractivity contribution in [3.8, 4) is 0 Å². The van der Waals surface area contributed by atoms with Crippen LogP contribution in [0.3, 0.4) is 0 Å². The van der Waals surface area contributed by atoms with Crippen LogP contribution in [0.2, 0.25) is 0 Å². The molecule has 0 aliphatic carbocycles. The maximum absolute atomic E-state index is 12.2. The molecule has 1 rings (SSSR count). The Hall–Kier alpha value is -0.830. The molecular formula is C13H24N2O. The average molecular weight is 224 g/mol. The molecule has 1 aliphatic rings. The first-order chi connectivity index (χ1) is 7.47. The summed E-state index contributed by atoms with van der Waals surface area (Å²) in [5.41, 5.74) is 1.12. The average Bonchev–Trinajstić information content (AvgIpc) is 2.56. The predicted molar refractivity (Wildman–Crippen MR) is 67.3 cm³/mol. The number of carbonyl (C=O) groups excluding carboxylic acids is 1. The number of likely N-dealkylation sites (tertiary alicyclic amines) is 1. The van der Waals surface area contributed by atoms with E-state index in [0.29, 0.717) is 6.04 Å². The molecular weight excluding hydrogens is 200 g/mol. The van der Waals surface area contributed by atoms with Gasteiger partial charge in [0.1, 0.15) is 0 Å². The molecule has 16 heavy (non-hydrogen) atoms. The lowest BCUT2D eigenvalue weighted by atomic mass is 10.2. The van der Waals surface area contributed by atoms with Crippen LogP contribution in [0.25, 0.3) is 0 Å². The Kier molecular flexibility index (Phi) is 4.54. The number of likely N-dealkylation sites (N-methyl/N-ethyl adjacent to an activating group) is 1. The van der Waals surface area contributed by atoms with Crippen molar-refractivity contribution in [2.75, 3.05) is 19.6 Å². The highest BCUT2D eigenvalue weighted by atomic mass is 16.2. The van der Waals surface area contributed by atoms with Crippen LogP contribution in [0.1, 0.15) is 34.1 Å². The van der Waals surface area contributed by atoms with Gasteiger partial charge in [-0.2, -0.15) is 0 Å². The maximum atomic E-state index is 12.2. The molecule has 3 nitrogen and oxygen atoms in total. The van der Waals surface area contributed by atoms with Crippen molar-refractivity contribution in [3.05, 3.63) is 12.2 Å². The summed E-state index contributed by atoms with van der Waals surface area (Å²) in [6.07, 6.45) is 0.956. The molecule has 92 valence electrons. The monoisotopic (exact) mass is 224 g/mol. The van der Waals surface area contributed by atoms with Crippen molar-refractivity contribution >= 4 is 5.91 Å². The summed E-state index contributed by atoms with van der Waals surface area (Å²) < 4.78 is 0. The van der Waals surface area contributed by atoms with Gasteiger partial charge in [-0.05, 0) is 33.7 Å². The van der Waals surface area contributed by atoms with Gasteiger partial charge in [0.25, 0.3) is 0 Å². The predicted octanol–water partition coefficient (Wildman–Crippen LogP) is 1.89. The fraction of sp³-hybridized carbons (Fsp3) is 0.769. The zero-order chi connectivity index (χ0) is 12.3. The third kappa shape index (κ3) is 2.85. The molecule has 0 spiro atoms. The van der Waals surface area contributed by atoms with Crippen molar-refractivity contribution in [3.63, 3.8) is 0 Å². The molecule has 1 atom stereocenters. The first-order valence-electron chi connectivity index (χ1n) is 6.16. The molecule has 0 radical (unpaired) electrons. The quantitative estimate of drug-likeness (QED) is 0.666. The number of hydrogen-bond acceptors (Lipinski definition) is 2. The molecule has 1 amide bonds. The largest absolute Gasteiger partial charge is 0.339 e. The Morgan fingerprint density at radius 1 is 1.62 bits per heavy atom. The van der Waals surface area contributed by atoms with E-state index in [4.69, 9.17) is 0 Å². The van der Waals surface area contributed by atoms with Gasteiger partial charge in [0.15, 0.2) is 0 Å². The summed E-state index contributed by atoms with van der Waals surface area (Å²) in [7, 11) is 0. The van der Waals surface area contributed by atoms with Crippen molar-refractivity contribution < 1.29 is 4.79 Å². The van der Waals surface area contributed by atoms with Crippen molar-refractivity contribution in [2.45, 2.75) is 46.2 Å². The summed E-state index contributed by atoms with van der Waals surface area (Å²) in [5, 5.41) is 0. The summed E-state index contributed by atoms with van der Waals surface area (Å²) in [4.78, 5) is 16.4. The standard InChI is InChI=1S/C13H24N2O/c1-6-14(9-10(2)3)12-7-8-15(11(4)5)13(12)16/h11-12H,2,6-9H2,1,3-5H3/t12-/m1/s1. The number of rotatable bonds is 5. The van der Waals surface area contributed by atoms with E-state index in [-0.39, 0.29) is 11.9 Å². The van der Waals surface area contributed by atoms with E-state index >= 15 is 0 Å². The topological polar surface area (TPSA) is 23.6 Å². The van der Waals surface area contributed by atoms with Crippen LogP contribution in [-0.2, 0) is 4.79 Å². The van der Waals surface area contributed by atoms with Crippen LogP contribution in [0.4, 0.5) is 0 Å². The van der Waals surface area contributed by atoms with Gasteiger partial charge in [-0.1, -0.05) is 19.1 Å². The van der Waals surface area contributed by atoms with Crippen LogP contribution in [-0.4, -0.2) is 47.4 Å². The van der Waals surface area contributed by atoms with Gasteiger partial charge in [0.05, 0.1) is 6.04 Å². The number of hydrogen-bond donors (Lipinski definition) is 0. The molecule has 1 heterocycles. The van der Waals surface area contributed by atoms with Gasteiger partial charge >= 0.3 is 0 Å². The lowest BCUT2D eigenvalue weighted by Crippen LogP contribution is -2.44. The van der Waals surface area contributed by atoms with Gasteiger partial charge in [-0.25, -0.2) is 0 Å². The minimum absolute atomic E-state index is 0.0732. The van der Waals surface area contributed by atoms with E-state index in [1.54, 1.807) is 0 Å². The van der Waals surface area contributed by atoms with Crippen LogP contribution >= 0.6 is 0 Å². The van der Waals surface area contributed by atoms with Gasteiger partial charge in [-0.15, -0.1) is 0 Å². The fourth-order valence-electron chi connectivity index (χ4n) is 2.33. The molecule has 0 aromatic carbocycles. The Morgan fingerprint density at radius 2 is 2.25 bits per heavy atom. The molecule has 1 aliphatic heterocycles. The van der Waals surface area contributed by atoms with Gasteiger partial charge in [0, 0.05) is 19.1 Å². The van der Waals surface area contributed by atoms with E-state index in [0.717, 1.165) is 31.6 Å². The van der Waals surface area contributed by atoms with Gasteiger partial charge in [-0.3, -0.25) is 9.69 Å². The van der Waals surface area contributed by atoms with E-state index in [2.05, 4.69) is 32.3 Å². The highest BCUT2D eigenvalue weighted by Crippen LogP contribution is 2.20. The summed E-state index contributed by atoms with van der Waals surface area (Å²) >= 11 is 0. The normalized spacial score (nSPS) is 21.2. The zero-order valence-electron chi connectivity index (χ0n) is 11.0. The smallest absolute Gasteiger partial charge is 0.240 e. The van der Waals surface area contributed by atoms with Crippen LogP contribution in [0.5, 0.6) is 0 Å². The molecule has 0 bridgehead atoms. The van der Waals surface area contributed by atoms with Crippen molar-refractivity contribution in [1.82, 2.24) is 9.80 Å². The summed E-state index contributed by atoms with van der Waals surface area (Å²) in [5.74, 6) is 0.290. The third-order valence-corrected chi connectivity index (χ3v) is 3.15. The van der Waals surface area contributed by atoms with Crippen molar-refractivity contribution in [2.24, 2.45) is 0 Å². The first-order valence-corrected chi connectivity index (χ1v) is 6.16. The number of nitrogens with zero attached hydrogens (tertiary/aromatic N) is 2. The molecule has 1 fully saturated rings. The molecule has 0 aromatic heterocycles. The van der Waals surface area contributed by atoms with Gasteiger partial charge < -0.3 is 4.90 Å². The second-order valence-corrected chi connectivity index (χ2v) is 4.95. The van der Waals surface area contributed by atoms with E-state index in [9.17, 15) is 4.79 Å². The molecule has 0 unspecified atom stereocenters. The highest BCUT2D eigenvalue weighted by Gasteiger charge is 2.36. The first kappa shape index (κ1) is 13.2. The number of carbonyl (C=O) groups is 1. The van der Waals surface area contributed by atoms with Gasteiger partial charge in [0.2, 0.25) is 5.91 Å². The number of amides is 1. The van der Waals surface area contributed by atoms with E-state index < -0.39 is 0 Å². The Morgan fingerprint density at radius 3 is 2.62 bits per heavy atom. The van der Waals surface area contributed by atoms with Crippen molar-refractivity contribution in [1.29, 1.82) is 0 Å². The zero-order valence-corrected chi connectivity index (χ0v) is 11.0. The minimum Gasteiger partial charge on any atom is -0.339 e. The maximum Gasteiger partial charge on any atom is 0.240 e. The second kappa shape index (κ2) is 5.48. The van der Waals surface area contributed by atoms with Crippen LogP contribution < -0.4 is 0 Å². The summed E-state index contributed by atoms with van der Waals surface area (Å²) in [6, 6.07) is 0.394. The molecule has 0 N–H and O–H groups in total. The second-order valence-electron chi connectivity index (χ2n) is 4.95. The van der Waals surface area contributed by atoms with E-state index in [1.807, 2.05) is 11.8 Å². The highest BCUT2D eigenvalue weighted by molar-refractivity contribution is 5.84. The van der Waals surface area contributed by atoms with Crippen LogP contribution in [0, 0.1) is 0 Å². The minimum atomic E-state index is 0.0732. The Balaban J connectivity index is 2.67. The molecule has 0 aromatic rings. The summed E-state index contributed by atoms with van der Waals surface area (Å²) in [6.45, 7) is 14.8. The molecule has 3 heteroatoms. The Labute approximate surface area is 99.1 Å². The van der Waals surface area contributed by atoms with E-state index in [1.165, 1.54) is 0 Å². The Bertz CT molecular complexity index is 273.